The molecule has 0 aromatic rings. The number of alkyl halides is 39. The lowest BCUT2D eigenvalue weighted by atomic mass is 9.91. The molecule has 0 bridgehead atoms. The molecule has 78 heavy (non-hydrogen) atoms. The molecule has 5 nitrogen and oxygen atoms in total. The summed E-state index contributed by atoms with van der Waals surface area (Å²) in [5.41, 5.74) is 0. The summed E-state index contributed by atoms with van der Waals surface area (Å²) in [5, 5.41) is 0. The number of hydrogen-bond donors (Lipinski definition) is 0. The van der Waals surface area contributed by atoms with E-state index in [1.807, 2.05) is 0 Å². The van der Waals surface area contributed by atoms with Crippen LogP contribution in [0.3, 0.4) is 0 Å². The molecule has 0 unspecified atom stereocenters. The number of esters is 2. The van der Waals surface area contributed by atoms with Gasteiger partial charge in [0.2, 0.25) is 5.78 Å². The molecular weight excluding hydrogens is 1230 g/mol. The second-order valence-corrected chi connectivity index (χ2v) is 14.5. The van der Waals surface area contributed by atoms with Crippen molar-refractivity contribution in [1.82, 2.24) is 0 Å². The number of Topliss-reactive ketones (excluding diaryl/α,β-unsaturated/α-hetero) is 1. The Morgan fingerprint density at radius 1 is 0.372 bits per heavy atom. The summed E-state index contributed by atoms with van der Waals surface area (Å²) in [4.78, 5) is 32.4. The molecule has 0 aromatic carbocycles. The number of rotatable bonds is 25. The van der Waals surface area contributed by atoms with Crippen LogP contribution in [-0.4, -0.2) is 138 Å². The lowest BCUT2D eigenvalue weighted by molar-refractivity contribution is -0.440. The fraction of sp³-hybridized carbons (Fsp3) is 0.794. The first-order valence-corrected chi connectivity index (χ1v) is 18.6. The van der Waals surface area contributed by atoms with Crippen molar-refractivity contribution >= 4 is 17.7 Å². The summed E-state index contributed by atoms with van der Waals surface area (Å²) < 4.78 is 502. The molecule has 0 atom stereocenters. The van der Waals surface area contributed by atoms with E-state index in [2.05, 4.69) is 22.6 Å². The number of allylic oxidation sites excluding steroid dienone is 1. The van der Waals surface area contributed by atoms with Gasteiger partial charge in [0, 0.05) is 12.8 Å². The van der Waals surface area contributed by atoms with E-state index in [1.54, 1.807) is 6.92 Å². The fourth-order valence-electron chi connectivity index (χ4n) is 4.10. The van der Waals surface area contributed by atoms with Crippen LogP contribution in [0.1, 0.15) is 45.4 Å². The Kier molecular flexibility index (Phi) is 23.7. The minimum Gasteiger partial charge on any atom is -0.465 e. The molecule has 0 aliphatic rings. The molecule has 0 amide bonds. The standard InChI is InChI=1S/C13H13F13O2.C11H7F13O.C10H5F13O2/c1-2-3-4-7(27)28-6-5-8(14,15)9(16,17)10(18,19)11(20,21)12(22,23)13(24,25)26;1-2-3-4-5(25)6(12,13)7(14,15)8(16,17)9(18,19)10(20,21)11(22,23)24;1-2-3-25-4(24)5(11,12)6(13,14)7(15,16)8(17,18)9(19,20)10(21,22)23/h2-6H2,1H3;2H,1,3-4H2;2H,1,3H2. The number of ketones is 1. The zero-order valence-electron chi connectivity index (χ0n) is 36.5. The van der Waals surface area contributed by atoms with Crippen LogP contribution in [-0.2, 0) is 23.9 Å². The Hall–Kier alpha value is -4.64. The van der Waals surface area contributed by atoms with Crippen LogP contribution in [0.2, 0.25) is 0 Å². The van der Waals surface area contributed by atoms with Gasteiger partial charge in [0.15, 0.2) is 0 Å². The van der Waals surface area contributed by atoms with E-state index in [1.165, 1.54) is 0 Å². The third-order valence-corrected chi connectivity index (χ3v) is 8.79. The lowest BCUT2D eigenvalue weighted by Crippen LogP contribution is -2.71. The third kappa shape index (κ3) is 13.6. The van der Waals surface area contributed by atoms with Crippen molar-refractivity contribution in [3.63, 3.8) is 0 Å². The van der Waals surface area contributed by atoms with Gasteiger partial charge in [-0.3, -0.25) is 9.59 Å². The van der Waals surface area contributed by atoms with Gasteiger partial charge in [-0.1, -0.05) is 32.1 Å². The Bertz CT molecular complexity index is 1930. The van der Waals surface area contributed by atoms with Crippen molar-refractivity contribution in [3.05, 3.63) is 25.3 Å². The quantitative estimate of drug-likeness (QED) is 0.0518. The topological polar surface area (TPSA) is 69.7 Å². The van der Waals surface area contributed by atoms with E-state index in [0.717, 1.165) is 0 Å². The van der Waals surface area contributed by atoms with Gasteiger partial charge >= 0.3 is 119 Å². The maximum Gasteiger partial charge on any atom is 0.460 e. The Morgan fingerprint density at radius 2 is 0.667 bits per heavy atom. The Labute approximate surface area is 405 Å². The smallest absolute Gasteiger partial charge is 0.460 e. The van der Waals surface area contributed by atoms with E-state index in [9.17, 15) is 186 Å². The van der Waals surface area contributed by atoms with Crippen molar-refractivity contribution in [2.75, 3.05) is 13.2 Å². The van der Waals surface area contributed by atoms with Gasteiger partial charge in [-0.15, -0.1) is 6.58 Å². The average molecular weight is 1250 g/mol. The molecule has 0 radical (unpaired) electrons. The summed E-state index contributed by atoms with van der Waals surface area (Å²) in [6, 6.07) is 0. The largest absolute Gasteiger partial charge is 0.465 e. The second-order valence-electron chi connectivity index (χ2n) is 14.5. The molecule has 44 heteroatoms. The zero-order chi connectivity index (χ0) is 64.2. The van der Waals surface area contributed by atoms with Crippen molar-refractivity contribution in [2.24, 2.45) is 0 Å². The number of carbonyl (C=O) groups is 3. The summed E-state index contributed by atoms with van der Waals surface area (Å²) in [7, 11) is 0. The number of carbonyl (C=O) groups excluding carboxylic acids is 3. The number of unbranched alkanes of at least 4 members (excludes halogenated alkanes) is 1. The van der Waals surface area contributed by atoms with Crippen LogP contribution in [0.5, 0.6) is 0 Å². The first-order valence-electron chi connectivity index (χ1n) is 18.6. The van der Waals surface area contributed by atoms with Gasteiger partial charge in [0.05, 0.1) is 13.0 Å². The Balaban J connectivity index is -0.00000108. The minimum atomic E-state index is -8.05. The SMILES string of the molecule is C=CCCC(=O)C(F)(F)C(F)(F)C(F)(F)C(F)(F)C(F)(F)C(F)(F)F.C=CCOC(=O)C(F)(F)C(F)(F)C(F)(F)C(F)(F)C(F)(F)C(F)(F)F.CCCCC(=O)OCCC(F)(F)C(F)(F)C(F)(F)C(F)(F)C(F)(F)C(F)(F)F. The van der Waals surface area contributed by atoms with Crippen molar-refractivity contribution in [1.29, 1.82) is 0 Å². The van der Waals surface area contributed by atoms with Crippen molar-refractivity contribution in [3.8, 4) is 0 Å². The van der Waals surface area contributed by atoms with Crippen LogP contribution < -0.4 is 0 Å². The van der Waals surface area contributed by atoms with Crippen LogP contribution >= 0.6 is 0 Å². The van der Waals surface area contributed by atoms with Gasteiger partial charge < -0.3 is 9.47 Å². The molecule has 0 saturated carbocycles. The van der Waals surface area contributed by atoms with E-state index in [4.69, 9.17) is 0 Å². The first kappa shape index (κ1) is 77.6. The van der Waals surface area contributed by atoms with Gasteiger partial charge in [0.25, 0.3) is 0 Å². The summed E-state index contributed by atoms with van der Waals surface area (Å²) >= 11 is 0. The average Bonchev–Trinajstić information content (AvgIpc) is 3.24. The molecule has 0 N–H and O–H groups in total. The molecule has 0 rings (SSSR count). The number of hydrogen-bond acceptors (Lipinski definition) is 5. The van der Waals surface area contributed by atoms with Crippen LogP contribution in [0.15, 0.2) is 25.3 Å². The van der Waals surface area contributed by atoms with Crippen molar-refractivity contribution < 1.29 is 195 Å². The molecule has 0 aliphatic carbocycles. The molecule has 0 heterocycles. The molecule has 0 aromatic heterocycles. The van der Waals surface area contributed by atoms with Gasteiger partial charge in [-0.25, -0.2) is 4.79 Å². The maximum absolute atomic E-state index is 13.3. The number of ether oxygens (including phenoxy) is 2. The highest BCUT2D eigenvalue weighted by molar-refractivity contribution is 5.87. The summed E-state index contributed by atoms with van der Waals surface area (Å²) in [6.45, 7) is 4.13. The molecule has 0 fully saturated rings. The van der Waals surface area contributed by atoms with E-state index < -0.39 is 158 Å². The monoisotopic (exact) mass is 1250 g/mol. The summed E-state index contributed by atoms with van der Waals surface area (Å²) in [5.74, 6) is -121. The van der Waals surface area contributed by atoms with E-state index in [0.29, 0.717) is 18.6 Å². The van der Waals surface area contributed by atoms with Gasteiger partial charge in [-0.2, -0.15) is 171 Å². The minimum absolute atomic E-state index is 0.169. The highest BCUT2D eigenvalue weighted by Crippen LogP contribution is 2.64. The molecular formula is C34H25F39O5. The zero-order valence-corrected chi connectivity index (χ0v) is 36.5. The fourth-order valence-corrected chi connectivity index (χ4v) is 4.10. The van der Waals surface area contributed by atoms with Gasteiger partial charge in [0.1, 0.15) is 6.61 Å². The van der Waals surface area contributed by atoms with E-state index in [-0.39, 0.29) is 12.8 Å². The first-order chi connectivity index (χ1) is 33.7. The normalized spacial score (nSPS) is 15.1. The van der Waals surface area contributed by atoms with Gasteiger partial charge in [-0.05, 0) is 12.8 Å². The van der Waals surface area contributed by atoms with E-state index >= 15 is 0 Å². The molecule has 0 spiro atoms. The predicted octanol–water partition coefficient (Wildman–Crippen LogP) is 15.6. The summed E-state index contributed by atoms with van der Waals surface area (Å²) in [6.07, 6.45) is -26.1. The molecule has 464 valence electrons. The molecule has 0 saturated heterocycles. The van der Waals surface area contributed by atoms with Crippen LogP contribution in [0.25, 0.3) is 0 Å². The second kappa shape index (κ2) is 23.8. The predicted molar refractivity (Wildman–Crippen MR) is 173 cm³/mol. The van der Waals surface area contributed by atoms with Crippen molar-refractivity contribution in [2.45, 2.75) is 153 Å². The highest BCUT2D eigenvalue weighted by atomic mass is 19.5. The highest BCUT2D eigenvalue weighted by Gasteiger charge is 2.94. The maximum atomic E-state index is 13.3. The molecule has 0 aliphatic heterocycles. The lowest BCUT2D eigenvalue weighted by Gasteiger charge is -2.39. The van der Waals surface area contributed by atoms with Crippen LogP contribution in [0, 0.1) is 0 Å². The Morgan fingerprint density at radius 3 is 0.949 bits per heavy atom. The number of halogens is 39. The third-order valence-electron chi connectivity index (χ3n) is 8.79. The van der Waals surface area contributed by atoms with Crippen LogP contribution in [0.4, 0.5) is 171 Å².